The van der Waals surface area contributed by atoms with Crippen LogP contribution in [0.15, 0.2) is 35.3 Å². The highest BCUT2D eigenvalue weighted by Gasteiger charge is 2.16. The summed E-state index contributed by atoms with van der Waals surface area (Å²) < 4.78 is 0. The Hall–Kier alpha value is -1.55. The Balaban J connectivity index is 1.64. The van der Waals surface area contributed by atoms with Crippen LogP contribution in [0.4, 0.5) is 0 Å². The molecule has 2 N–H and O–H groups in total. The second kappa shape index (κ2) is 8.67. The molecule has 1 aliphatic rings. The number of aliphatic imine (C=N–C) groups is 1. The van der Waals surface area contributed by atoms with E-state index in [-0.39, 0.29) is 0 Å². The first-order valence-electron chi connectivity index (χ1n) is 7.95. The fourth-order valence-corrected chi connectivity index (χ4v) is 2.75. The van der Waals surface area contributed by atoms with Crippen LogP contribution in [0.3, 0.4) is 0 Å². The minimum Gasteiger partial charge on any atom is -0.356 e. The van der Waals surface area contributed by atoms with E-state index in [1.165, 1.54) is 37.9 Å². The molecule has 1 saturated heterocycles. The Morgan fingerprint density at radius 3 is 2.57 bits per heavy atom. The van der Waals surface area contributed by atoms with Crippen molar-refractivity contribution in [2.45, 2.75) is 25.8 Å². The van der Waals surface area contributed by atoms with Crippen LogP contribution in [-0.4, -0.2) is 44.6 Å². The second-order valence-corrected chi connectivity index (χ2v) is 5.87. The van der Waals surface area contributed by atoms with Crippen molar-refractivity contribution in [2.24, 2.45) is 10.9 Å². The van der Waals surface area contributed by atoms with E-state index in [9.17, 15) is 0 Å². The third-order valence-electron chi connectivity index (χ3n) is 4.21. The van der Waals surface area contributed by atoms with E-state index in [1.54, 1.807) is 0 Å². The Morgan fingerprint density at radius 2 is 1.90 bits per heavy atom. The van der Waals surface area contributed by atoms with Crippen molar-refractivity contribution in [1.82, 2.24) is 15.5 Å². The molecule has 0 aliphatic carbocycles. The molecule has 0 unspecified atom stereocenters. The van der Waals surface area contributed by atoms with Crippen LogP contribution < -0.4 is 10.6 Å². The van der Waals surface area contributed by atoms with E-state index < -0.39 is 0 Å². The van der Waals surface area contributed by atoms with Crippen molar-refractivity contribution >= 4 is 5.96 Å². The van der Waals surface area contributed by atoms with Gasteiger partial charge in [0, 0.05) is 20.1 Å². The lowest BCUT2D eigenvalue weighted by atomic mass is 9.94. The molecule has 1 fully saturated rings. The molecule has 0 bridgehead atoms. The average Bonchev–Trinajstić information content (AvgIpc) is 2.53. The van der Waals surface area contributed by atoms with E-state index in [0.717, 1.165) is 25.0 Å². The molecular formula is C17H28N4. The highest BCUT2D eigenvalue weighted by molar-refractivity contribution is 5.79. The van der Waals surface area contributed by atoms with Crippen molar-refractivity contribution in [3.05, 3.63) is 35.9 Å². The maximum absolute atomic E-state index is 4.28. The van der Waals surface area contributed by atoms with Crippen molar-refractivity contribution in [3.8, 4) is 0 Å². The number of rotatable bonds is 5. The number of nitrogens with one attached hydrogen (secondary N) is 2. The Bertz CT molecular complexity index is 422. The Morgan fingerprint density at radius 1 is 1.19 bits per heavy atom. The maximum atomic E-state index is 4.28. The number of piperidine rings is 1. The summed E-state index contributed by atoms with van der Waals surface area (Å²) >= 11 is 0. The second-order valence-electron chi connectivity index (χ2n) is 5.87. The van der Waals surface area contributed by atoms with Gasteiger partial charge in [0.1, 0.15) is 0 Å². The summed E-state index contributed by atoms with van der Waals surface area (Å²) in [6.45, 7) is 4.30. The van der Waals surface area contributed by atoms with Gasteiger partial charge in [-0.1, -0.05) is 30.3 Å². The SMILES string of the molecule is CN=C(NCCC1CCN(C)CC1)NCc1ccccc1. The molecule has 4 nitrogen and oxygen atoms in total. The first-order valence-corrected chi connectivity index (χ1v) is 7.95. The topological polar surface area (TPSA) is 39.7 Å². The molecule has 2 rings (SSSR count). The molecule has 0 spiro atoms. The first-order chi connectivity index (χ1) is 10.3. The van der Waals surface area contributed by atoms with Crippen LogP contribution in [0, 0.1) is 5.92 Å². The van der Waals surface area contributed by atoms with Gasteiger partial charge in [0.2, 0.25) is 0 Å². The van der Waals surface area contributed by atoms with Gasteiger partial charge in [-0.2, -0.15) is 0 Å². The van der Waals surface area contributed by atoms with Gasteiger partial charge in [-0.15, -0.1) is 0 Å². The predicted octanol–water partition coefficient (Wildman–Crippen LogP) is 2.08. The highest BCUT2D eigenvalue weighted by Crippen LogP contribution is 2.18. The third-order valence-corrected chi connectivity index (χ3v) is 4.21. The van der Waals surface area contributed by atoms with Gasteiger partial charge < -0.3 is 15.5 Å². The van der Waals surface area contributed by atoms with Gasteiger partial charge in [-0.25, -0.2) is 0 Å². The molecule has 1 aromatic carbocycles. The van der Waals surface area contributed by atoms with Crippen LogP contribution >= 0.6 is 0 Å². The van der Waals surface area contributed by atoms with Crippen molar-refractivity contribution < 1.29 is 0 Å². The first kappa shape index (κ1) is 15.8. The van der Waals surface area contributed by atoms with Gasteiger partial charge >= 0.3 is 0 Å². The standard InChI is InChI=1S/C17H28N4/c1-18-17(20-14-16-6-4-3-5-7-16)19-11-8-15-9-12-21(2)13-10-15/h3-7,15H,8-14H2,1-2H3,(H2,18,19,20). The largest absolute Gasteiger partial charge is 0.356 e. The summed E-state index contributed by atoms with van der Waals surface area (Å²) in [5.74, 6) is 1.76. The Labute approximate surface area is 128 Å². The van der Waals surface area contributed by atoms with E-state index in [2.05, 4.69) is 51.8 Å². The molecule has 1 heterocycles. The zero-order chi connectivity index (χ0) is 14.9. The average molecular weight is 288 g/mol. The molecule has 21 heavy (non-hydrogen) atoms. The molecular weight excluding hydrogens is 260 g/mol. The Kier molecular flexibility index (Phi) is 6.54. The van der Waals surface area contributed by atoms with Crippen LogP contribution in [0.1, 0.15) is 24.8 Å². The minimum absolute atomic E-state index is 0.814. The van der Waals surface area contributed by atoms with Crippen LogP contribution in [0.25, 0.3) is 0 Å². The third kappa shape index (κ3) is 5.76. The summed E-state index contributed by atoms with van der Waals surface area (Å²) in [6, 6.07) is 10.4. The van der Waals surface area contributed by atoms with Crippen LogP contribution in [0.5, 0.6) is 0 Å². The van der Waals surface area contributed by atoms with E-state index in [1.807, 2.05) is 13.1 Å². The number of hydrogen-bond donors (Lipinski definition) is 2. The summed E-state index contributed by atoms with van der Waals surface area (Å²) in [4.78, 5) is 6.70. The lowest BCUT2D eigenvalue weighted by molar-refractivity contribution is 0.213. The lowest BCUT2D eigenvalue weighted by Gasteiger charge is -2.29. The van der Waals surface area contributed by atoms with Gasteiger partial charge in [0.15, 0.2) is 5.96 Å². The summed E-state index contributed by atoms with van der Waals surface area (Å²) in [6.07, 6.45) is 3.89. The lowest BCUT2D eigenvalue weighted by Crippen LogP contribution is -2.38. The van der Waals surface area contributed by atoms with E-state index >= 15 is 0 Å². The smallest absolute Gasteiger partial charge is 0.191 e. The monoisotopic (exact) mass is 288 g/mol. The maximum Gasteiger partial charge on any atom is 0.191 e. The van der Waals surface area contributed by atoms with Gasteiger partial charge in [-0.3, -0.25) is 4.99 Å². The quantitative estimate of drug-likeness (QED) is 0.644. The molecule has 4 heteroatoms. The predicted molar refractivity (Wildman–Crippen MR) is 89.5 cm³/mol. The molecule has 0 aromatic heterocycles. The zero-order valence-electron chi connectivity index (χ0n) is 13.3. The molecule has 0 radical (unpaired) electrons. The van der Waals surface area contributed by atoms with Crippen LogP contribution in [-0.2, 0) is 6.54 Å². The van der Waals surface area contributed by atoms with Gasteiger partial charge in [0.05, 0.1) is 0 Å². The number of benzene rings is 1. The number of guanidine groups is 1. The summed E-state index contributed by atoms with van der Waals surface area (Å²) in [5.41, 5.74) is 1.27. The fraction of sp³-hybridized carbons (Fsp3) is 0.588. The van der Waals surface area contributed by atoms with Crippen molar-refractivity contribution in [3.63, 3.8) is 0 Å². The summed E-state index contributed by atoms with van der Waals surface area (Å²) in [5, 5.41) is 6.78. The number of nitrogens with zero attached hydrogens (tertiary/aromatic N) is 2. The van der Waals surface area contributed by atoms with Crippen molar-refractivity contribution in [2.75, 3.05) is 33.7 Å². The van der Waals surface area contributed by atoms with Crippen LogP contribution in [0.2, 0.25) is 0 Å². The highest BCUT2D eigenvalue weighted by atomic mass is 15.2. The number of likely N-dealkylation sites (tertiary alicyclic amines) is 1. The molecule has 116 valence electrons. The molecule has 0 atom stereocenters. The van der Waals surface area contributed by atoms with E-state index in [0.29, 0.717) is 0 Å². The van der Waals surface area contributed by atoms with Gasteiger partial charge in [0.25, 0.3) is 0 Å². The fourth-order valence-electron chi connectivity index (χ4n) is 2.75. The minimum atomic E-state index is 0.814. The molecule has 1 aliphatic heterocycles. The number of hydrogen-bond acceptors (Lipinski definition) is 2. The van der Waals surface area contributed by atoms with E-state index in [4.69, 9.17) is 0 Å². The summed E-state index contributed by atoms with van der Waals surface area (Å²) in [7, 11) is 4.04. The zero-order valence-corrected chi connectivity index (χ0v) is 13.3. The normalized spacial score (nSPS) is 17.7. The van der Waals surface area contributed by atoms with Gasteiger partial charge in [-0.05, 0) is 50.9 Å². The molecule has 1 aromatic rings. The molecule has 0 saturated carbocycles. The molecule has 0 amide bonds. The van der Waals surface area contributed by atoms with Crippen molar-refractivity contribution in [1.29, 1.82) is 0 Å².